The normalized spacial score (nSPS) is 10.4. The van der Waals surface area contributed by atoms with E-state index in [4.69, 9.17) is 10.5 Å². The first-order valence-corrected chi connectivity index (χ1v) is 6.80. The lowest BCUT2D eigenvalue weighted by atomic mass is 10.0. The number of nitrogen functional groups attached to an aromatic ring is 1. The second kappa shape index (κ2) is 6.28. The van der Waals surface area contributed by atoms with E-state index in [2.05, 4.69) is 38.1 Å². The van der Waals surface area contributed by atoms with Crippen molar-refractivity contribution < 1.29 is 4.74 Å². The number of hydrogen-bond donors (Lipinski definition) is 1. The first-order chi connectivity index (χ1) is 9.20. The molecule has 2 heteroatoms. The van der Waals surface area contributed by atoms with Crippen molar-refractivity contribution in [3.63, 3.8) is 0 Å². The first-order valence-electron chi connectivity index (χ1n) is 6.80. The number of anilines is 1. The Bertz CT molecular complexity index is 549. The molecule has 2 rings (SSSR count). The van der Waals surface area contributed by atoms with E-state index in [0.717, 1.165) is 30.8 Å². The highest BCUT2D eigenvalue weighted by molar-refractivity contribution is 5.70. The van der Waals surface area contributed by atoms with Crippen LogP contribution >= 0.6 is 0 Å². The Morgan fingerprint density at radius 3 is 2.58 bits per heavy atom. The first kappa shape index (κ1) is 13.5. The van der Waals surface area contributed by atoms with Crippen molar-refractivity contribution in [1.82, 2.24) is 0 Å². The fraction of sp³-hybridized carbons (Fsp3) is 0.294. The summed E-state index contributed by atoms with van der Waals surface area (Å²) in [5.41, 5.74) is 10.2. The maximum Gasteiger partial charge on any atom is 0.142 e. The molecule has 0 atom stereocenters. The molecule has 2 aromatic rings. The molecule has 0 fully saturated rings. The molecule has 0 unspecified atom stereocenters. The van der Waals surface area contributed by atoms with Crippen LogP contribution in [0.2, 0.25) is 0 Å². The van der Waals surface area contributed by atoms with Gasteiger partial charge in [-0.1, -0.05) is 49.2 Å². The third kappa shape index (κ3) is 3.50. The van der Waals surface area contributed by atoms with Crippen LogP contribution in [-0.2, 0) is 0 Å². The van der Waals surface area contributed by atoms with Crippen LogP contribution in [0.15, 0.2) is 42.5 Å². The molecule has 0 bridgehead atoms. The largest absolute Gasteiger partial charge is 0.491 e. The topological polar surface area (TPSA) is 35.2 Å². The van der Waals surface area contributed by atoms with Crippen LogP contribution in [0.1, 0.15) is 25.3 Å². The second-order valence-corrected chi connectivity index (χ2v) is 4.82. The average molecular weight is 255 g/mol. The highest BCUT2D eigenvalue weighted by Gasteiger charge is 2.04. The van der Waals surface area contributed by atoms with Gasteiger partial charge in [0.15, 0.2) is 0 Å². The van der Waals surface area contributed by atoms with Gasteiger partial charge < -0.3 is 10.5 Å². The summed E-state index contributed by atoms with van der Waals surface area (Å²) in [5.74, 6) is 0.785. The highest BCUT2D eigenvalue weighted by Crippen LogP contribution is 2.29. The van der Waals surface area contributed by atoms with E-state index in [0.29, 0.717) is 5.69 Å². The monoisotopic (exact) mass is 255 g/mol. The summed E-state index contributed by atoms with van der Waals surface area (Å²) < 4.78 is 5.74. The van der Waals surface area contributed by atoms with Gasteiger partial charge in [0.25, 0.3) is 0 Å². The number of unbranched alkanes of at least 4 members (excludes halogenated alkanes) is 1. The SMILES string of the molecule is CCCCOc1cc(-c2cccc(C)c2)ccc1N. The lowest BCUT2D eigenvalue weighted by Gasteiger charge is -2.11. The van der Waals surface area contributed by atoms with E-state index >= 15 is 0 Å². The van der Waals surface area contributed by atoms with Gasteiger partial charge in [-0.2, -0.15) is 0 Å². The van der Waals surface area contributed by atoms with Gasteiger partial charge in [0.2, 0.25) is 0 Å². The van der Waals surface area contributed by atoms with Crippen LogP contribution in [0, 0.1) is 6.92 Å². The van der Waals surface area contributed by atoms with Crippen molar-refractivity contribution in [1.29, 1.82) is 0 Å². The number of ether oxygens (including phenoxy) is 1. The summed E-state index contributed by atoms with van der Waals surface area (Å²) in [7, 11) is 0. The predicted octanol–water partition coefficient (Wildman–Crippen LogP) is 4.42. The van der Waals surface area contributed by atoms with Gasteiger partial charge in [-0.05, 0) is 36.6 Å². The molecule has 19 heavy (non-hydrogen) atoms. The van der Waals surface area contributed by atoms with E-state index in [1.807, 2.05) is 18.2 Å². The zero-order valence-corrected chi connectivity index (χ0v) is 11.6. The van der Waals surface area contributed by atoms with Gasteiger partial charge in [0.1, 0.15) is 5.75 Å². The van der Waals surface area contributed by atoms with Crippen molar-refractivity contribution in [2.75, 3.05) is 12.3 Å². The van der Waals surface area contributed by atoms with E-state index in [9.17, 15) is 0 Å². The van der Waals surface area contributed by atoms with Gasteiger partial charge in [0, 0.05) is 0 Å². The summed E-state index contributed by atoms with van der Waals surface area (Å²) in [4.78, 5) is 0. The molecule has 0 saturated carbocycles. The molecule has 0 amide bonds. The molecule has 0 heterocycles. The number of aryl methyl sites for hydroxylation is 1. The minimum atomic E-state index is 0.701. The molecule has 0 aliphatic rings. The molecule has 100 valence electrons. The minimum absolute atomic E-state index is 0.701. The zero-order chi connectivity index (χ0) is 13.7. The van der Waals surface area contributed by atoms with Crippen molar-refractivity contribution >= 4 is 5.69 Å². The summed E-state index contributed by atoms with van der Waals surface area (Å²) in [6.07, 6.45) is 2.17. The van der Waals surface area contributed by atoms with E-state index in [1.54, 1.807) is 0 Å². The Kier molecular flexibility index (Phi) is 4.45. The smallest absolute Gasteiger partial charge is 0.142 e. The molecular formula is C17H21NO. The van der Waals surface area contributed by atoms with Crippen LogP contribution in [0.4, 0.5) is 5.69 Å². The fourth-order valence-electron chi connectivity index (χ4n) is 1.99. The van der Waals surface area contributed by atoms with Crippen LogP contribution in [-0.4, -0.2) is 6.61 Å². The van der Waals surface area contributed by atoms with Crippen molar-refractivity contribution in [3.05, 3.63) is 48.0 Å². The minimum Gasteiger partial charge on any atom is -0.491 e. The fourth-order valence-corrected chi connectivity index (χ4v) is 1.99. The molecule has 2 nitrogen and oxygen atoms in total. The summed E-state index contributed by atoms with van der Waals surface area (Å²) in [5, 5.41) is 0. The highest BCUT2D eigenvalue weighted by atomic mass is 16.5. The quantitative estimate of drug-likeness (QED) is 0.634. The van der Waals surface area contributed by atoms with Crippen molar-refractivity contribution in [2.24, 2.45) is 0 Å². The Hall–Kier alpha value is -1.96. The average Bonchev–Trinajstić information content (AvgIpc) is 2.41. The summed E-state index contributed by atoms with van der Waals surface area (Å²) in [6, 6.07) is 14.4. The Morgan fingerprint density at radius 2 is 1.84 bits per heavy atom. The van der Waals surface area contributed by atoms with Crippen molar-refractivity contribution in [2.45, 2.75) is 26.7 Å². The van der Waals surface area contributed by atoms with Gasteiger partial charge in [-0.15, -0.1) is 0 Å². The van der Waals surface area contributed by atoms with Crippen LogP contribution in [0.5, 0.6) is 5.75 Å². The van der Waals surface area contributed by atoms with Gasteiger partial charge >= 0.3 is 0 Å². The second-order valence-electron chi connectivity index (χ2n) is 4.82. The van der Waals surface area contributed by atoms with Crippen LogP contribution < -0.4 is 10.5 Å². The number of hydrogen-bond acceptors (Lipinski definition) is 2. The molecule has 2 aromatic carbocycles. The Labute approximate surface area is 115 Å². The number of rotatable bonds is 5. The maximum atomic E-state index is 5.95. The molecule has 0 saturated heterocycles. The molecule has 0 aromatic heterocycles. The maximum absolute atomic E-state index is 5.95. The van der Waals surface area contributed by atoms with E-state index in [1.165, 1.54) is 11.1 Å². The molecule has 0 aliphatic carbocycles. The number of nitrogens with two attached hydrogens (primary N) is 1. The third-order valence-electron chi connectivity index (χ3n) is 3.12. The standard InChI is InChI=1S/C17H21NO/c1-3-4-10-19-17-12-15(8-9-16(17)18)14-7-5-6-13(2)11-14/h5-9,11-12H,3-4,10,18H2,1-2H3. The van der Waals surface area contributed by atoms with Crippen LogP contribution in [0.25, 0.3) is 11.1 Å². The van der Waals surface area contributed by atoms with Crippen molar-refractivity contribution in [3.8, 4) is 16.9 Å². The molecule has 0 radical (unpaired) electrons. The molecular weight excluding hydrogens is 234 g/mol. The number of benzene rings is 2. The zero-order valence-electron chi connectivity index (χ0n) is 11.6. The third-order valence-corrected chi connectivity index (χ3v) is 3.12. The van der Waals surface area contributed by atoms with Gasteiger partial charge in [0.05, 0.1) is 12.3 Å². The Morgan fingerprint density at radius 1 is 1.05 bits per heavy atom. The predicted molar refractivity (Wildman–Crippen MR) is 81.4 cm³/mol. The Balaban J connectivity index is 2.25. The lowest BCUT2D eigenvalue weighted by molar-refractivity contribution is 0.311. The van der Waals surface area contributed by atoms with E-state index in [-0.39, 0.29) is 0 Å². The van der Waals surface area contributed by atoms with E-state index < -0.39 is 0 Å². The summed E-state index contributed by atoms with van der Waals surface area (Å²) >= 11 is 0. The van der Waals surface area contributed by atoms with Crippen LogP contribution in [0.3, 0.4) is 0 Å². The molecule has 2 N–H and O–H groups in total. The molecule has 0 aliphatic heterocycles. The van der Waals surface area contributed by atoms with Gasteiger partial charge in [-0.25, -0.2) is 0 Å². The van der Waals surface area contributed by atoms with Gasteiger partial charge in [-0.3, -0.25) is 0 Å². The lowest BCUT2D eigenvalue weighted by Crippen LogP contribution is -2.00. The summed E-state index contributed by atoms with van der Waals surface area (Å²) in [6.45, 7) is 4.97. The molecule has 0 spiro atoms.